The van der Waals surface area contributed by atoms with Crippen molar-refractivity contribution in [1.29, 1.82) is 0 Å². The number of benzene rings is 2. The number of nitrogens with one attached hydrogen (secondary N) is 1. The van der Waals surface area contributed by atoms with Crippen LogP contribution in [0.1, 0.15) is 22.7 Å². The van der Waals surface area contributed by atoms with Crippen LogP contribution in [0.25, 0.3) is 0 Å². The molecule has 0 bridgehead atoms. The van der Waals surface area contributed by atoms with E-state index in [1.54, 1.807) is 0 Å². The maximum Gasteiger partial charge on any atom is 0.123 e. The molecular formula is C17H18ClNO. The van der Waals surface area contributed by atoms with Crippen LogP contribution in [0.2, 0.25) is 5.02 Å². The lowest BCUT2D eigenvalue weighted by Gasteiger charge is -2.23. The van der Waals surface area contributed by atoms with Gasteiger partial charge in [-0.2, -0.15) is 0 Å². The first-order chi connectivity index (χ1) is 9.69. The number of hydrogen-bond acceptors (Lipinski definition) is 2. The summed E-state index contributed by atoms with van der Waals surface area (Å²) in [6.45, 7) is 2.02. The van der Waals surface area contributed by atoms with Gasteiger partial charge in [0.1, 0.15) is 11.9 Å². The van der Waals surface area contributed by atoms with E-state index in [4.69, 9.17) is 16.3 Å². The summed E-state index contributed by atoms with van der Waals surface area (Å²) in [6, 6.07) is 14.6. The zero-order valence-electron chi connectivity index (χ0n) is 11.7. The van der Waals surface area contributed by atoms with Gasteiger partial charge in [0, 0.05) is 11.4 Å². The Morgan fingerprint density at radius 1 is 1.25 bits per heavy atom. The molecule has 0 aliphatic carbocycles. The number of halogens is 1. The molecule has 1 N–H and O–H groups in total. The third-order valence-electron chi connectivity index (χ3n) is 3.91. The Hall–Kier alpha value is -1.51. The van der Waals surface area contributed by atoms with Crippen LogP contribution in [0.5, 0.6) is 5.75 Å². The van der Waals surface area contributed by atoms with E-state index in [0.717, 1.165) is 22.8 Å². The van der Waals surface area contributed by atoms with Crippen molar-refractivity contribution in [1.82, 2.24) is 5.32 Å². The van der Waals surface area contributed by atoms with Gasteiger partial charge in [0.05, 0.1) is 6.04 Å². The summed E-state index contributed by atoms with van der Waals surface area (Å²) in [5.74, 6) is 0.996. The van der Waals surface area contributed by atoms with E-state index < -0.39 is 0 Å². The largest absolute Gasteiger partial charge is 0.488 e. The van der Waals surface area contributed by atoms with Crippen LogP contribution >= 0.6 is 11.6 Å². The van der Waals surface area contributed by atoms with Crippen molar-refractivity contribution in [3.8, 4) is 5.75 Å². The van der Waals surface area contributed by atoms with Crippen LogP contribution in [0.4, 0.5) is 0 Å². The molecule has 2 unspecified atom stereocenters. The van der Waals surface area contributed by atoms with Crippen LogP contribution < -0.4 is 10.1 Å². The maximum absolute atomic E-state index is 6.24. The molecule has 104 valence electrons. The molecule has 1 heterocycles. The predicted octanol–water partition coefficient (Wildman–Crippen LogP) is 3.91. The Morgan fingerprint density at radius 2 is 2.05 bits per heavy atom. The number of rotatable bonds is 3. The van der Waals surface area contributed by atoms with Crippen LogP contribution in [0, 0.1) is 6.92 Å². The van der Waals surface area contributed by atoms with Gasteiger partial charge in [-0.05, 0) is 42.8 Å². The first kappa shape index (κ1) is 13.5. The fourth-order valence-electron chi connectivity index (χ4n) is 2.76. The third-order valence-corrected chi connectivity index (χ3v) is 4.32. The quantitative estimate of drug-likeness (QED) is 0.924. The normalized spacial score (nSPS) is 18.4. The minimum absolute atomic E-state index is 0.108. The van der Waals surface area contributed by atoms with Gasteiger partial charge in [-0.3, -0.25) is 0 Å². The number of hydrogen-bond donors (Lipinski definition) is 1. The molecule has 0 spiro atoms. The Balaban J connectivity index is 1.87. The van der Waals surface area contributed by atoms with E-state index in [1.165, 1.54) is 11.1 Å². The highest BCUT2D eigenvalue weighted by Crippen LogP contribution is 2.34. The lowest BCUT2D eigenvalue weighted by Crippen LogP contribution is -2.32. The van der Waals surface area contributed by atoms with Gasteiger partial charge in [0.15, 0.2) is 0 Å². The van der Waals surface area contributed by atoms with Gasteiger partial charge in [-0.15, -0.1) is 0 Å². The van der Waals surface area contributed by atoms with E-state index in [-0.39, 0.29) is 12.1 Å². The number of ether oxygens (including phenoxy) is 1. The number of likely N-dealkylation sites (N-methyl/N-ethyl adjacent to an activating group) is 1. The van der Waals surface area contributed by atoms with Gasteiger partial charge in [-0.1, -0.05) is 41.9 Å². The fourth-order valence-corrected chi connectivity index (χ4v) is 2.95. The summed E-state index contributed by atoms with van der Waals surface area (Å²) in [4.78, 5) is 0. The zero-order valence-corrected chi connectivity index (χ0v) is 12.4. The highest BCUT2D eigenvalue weighted by Gasteiger charge is 2.30. The van der Waals surface area contributed by atoms with E-state index in [2.05, 4.69) is 29.6 Å². The minimum atomic E-state index is 0.108. The molecule has 2 atom stereocenters. The van der Waals surface area contributed by atoms with Crippen molar-refractivity contribution < 1.29 is 4.74 Å². The molecule has 0 fully saturated rings. The minimum Gasteiger partial charge on any atom is -0.488 e. The molecule has 0 aromatic heterocycles. The number of para-hydroxylation sites is 1. The van der Waals surface area contributed by atoms with Crippen LogP contribution in [0.15, 0.2) is 42.5 Å². The molecule has 20 heavy (non-hydrogen) atoms. The Morgan fingerprint density at radius 3 is 2.75 bits per heavy atom. The van der Waals surface area contributed by atoms with E-state index in [0.29, 0.717) is 0 Å². The highest BCUT2D eigenvalue weighted by atomic mass is 35.5. The van der Waals surface area contributed by atoms with E-state index in [9.17, 15) is 0 Å². The molecule has 2 aromatic carbocycles. The zero-order chi connectivity index (χ0) is 14.1. The van der Waals surface area contributed by atoms with E-state index in [1.807, 2.05) is 32.2 Å². The molecule has 0 amide bonds. The first-order valence-corrected chi connectivity index (χ1v) is 7.24. The summed E-state index contributed by atoms with van der Waals surface area (Å²) in [5.41, 5.74) is 3.54. The standard InChI is InChI=1S/C17H18ClNO/c1-11-7-8-13(9-14(11)18)17(19-2)16-10-12-5-3-4-6-15(12)20-16/h3-9,16-17,19H,10H2,1-2H3. The average Bonchev–Trinajstić information content (AvgIpc) is 2.87. The van der Waals surface area contributed by atoms with Crippen molar-refractivity contribution in [3.05, 3.63) is 64.2 Å². The Labute approximate surface area is 124 Å². The SMILES string of the molecule is CNC(c1ccc(C)c(Cl)c1)C1Cc2ccccc2O1. The summed E-state index contributed by atoms with van der Waals surface area (Å²) in [6.07, 6.45) is 1.03. The molecule has 1 aliphatic heterocycles. The van der Waals surface area contributed by atoms with Crippen molar-refractivity contribution in [2.24, 2.45) is 0 Å². The van der Waals surface area contributed by atoms with Crippen molar-refractivity contribution in [2.75, 3.05) is 7.05 Å². The fraction of sp³-hybridized carbons (Fsp3) is 0.294. The van der Waals surface area contributed by atoms with Crippen molar-refractivity contribution in [2.45, 2.75) is 25.5 Å². The molecule has 2 aromatic rings. The van der Waals surface area contributed by atoms with Gasteiger partial charge in [-0.25, -0.2) is 0 Å². The topological polar surface area (TPSA) is 21.3 Å². The molecule has 3 heteroatoms. The van der Waals surface area contributed by atoms with Crippen molar-refractivity contribution >= 4 is 11.6 Å². The van der Waals surface area contributed by atoms with Gasteiger partial charge in [0.25, 0.3) is 0 Å². The summed E-state index contributed by atoms with van der Waals surface area (Å²) < 4.78 is 6.08. The third kappa shape index (κ3) is 2.41. The van der Waals surface area contributed by atoms with Crippen molar-refractivity contribution in [3.63, 3.8) is 0 Å². The number of aryl methyl sites for hydroxylation is 1. The molecule has 0 radical (unpaired) electrons. The number of fused-ring (bicyclic) bond motifs is 1. The second kappa shape index (κ2) is 5.47. The lowest BCUT2D eigenvalue weighted by molar-refractivity contribution is 0.183. The van der Waals surface area contributed by atoms with Crippen LogP contribution in [-0.2, 0) is 6.42 Å². The highest BCUT2D eigenvalue weighted by molar-refractivity contribution is 6.31. The Kier molecular flexibility index (Phi) is 3.68. The second-order valence-corrected chi connectivity index (χ2v) is 5.65. The van der Waals surface area contributed by atoms with E-state index >= 15 is 0 Å². The monoisotopic (exact) mass is 287 g/mol. The Bertz CT molecular complexity index is 601. The summed E-state index contributed by atoms with van der Waals surface area (Å²) >= 11 is 6.24. The van der Waals surface area contributed by atoms with Gasteiger partial charge >= 0.3 is 0 Å². The molecule has 0 saturated heterocycles. The maximum atomic E-state index is 6.24. The summed E-state index contributed by atoms with van der Waals surface area (Å²) in [7, 11) is 1.96. The van der Waals surface area contributed by atoms with Gasteiger partial charge in [0.2, 0.25) is 0 Å². The molecule has 2 nitrogen and oxygen atoms in total. The molecular weight excluding hydrogens is 270 g/mol. The average molecular weight is 288 g/mol. The lowest BCUT2D eigenvalue weighted by atomic mass is 9.97. The first-order valence-electron chi connectivity index (χ1n) is 6.87. The molecule has 3 rings (SSSR count). The summed E-state index contributed by atoms with van der Waals surface area (Å²) in [5, 5.41) is 4.16. The molecule has 0 saturated carbocycles. The predicted molar refractivity (Wildman–Crippen MR) is 82.6 cm³/mol. The molecule has 1 aliphatic rings. The van der Waals surface area contributed by atoms with Crippen LogP contribution in [0.3, 0.4) is 0 Å². The van der Waals surface area contributed by atoms with Gasteiger partial charge < -0.3 is 10.1 Å². The van der Waals surface area contributed by atoms with Crippen LogP contribution in [-0.4, -0.2) is 13.2 Å². The second-order valence-electron chi connectivity index (χ2n) is 5.24. The smallest absolute Gasteiger partial charge is 0.123 e.